The molecule has 0 saturated heterocycles. The Labute approximate surface area is 81.3 Å². The quantitative estimate of drug-likeness (QED) is 0.687. The van der Waals surface area contributed by atoms with Gasteiger partial charge < -0.3 is 5.32 Å². The summed E-state index contributed by atoms with van der Waals surface area (Å²) in [4.78, 5) is 0. The summed E-state index contributed by atoms with van der Waals surface area (Å²) in [5, 5.41) is 3.87. The van der Waals surface area contributed by atoms with Crippen molar-refractivity contribution in [1.29, 1.82) is 0 Å². The zero-order valence-corrected chi connectivity index (χ0v) is 8.68. The molecule has 0 amide bonds. The molecule has 0 aromatic heterocycles. The summed E-state index contributed by atoms with van der Waals surface area (Å²) < 4.78 is 0. The maximum atomic E-state index is 3.87. The predicted molar refractivity (Wildman–Crippen MR) is 54.6 cm³/mol. The Hall–Kier alpha value is -0.0400. The third-order valence-corrected chi connectivity index (χ3v) is 4.79. The van der Waals surface area contributed by atoms with Gasteiger partial charge in [0.05, 0.1) is 0 Å². The van der Waals surface area contributed by atoms with Gasteiger partial charge in [0.1, 0.15) is 0 Å². The van der Waals surface area contributed by atoms with Crippen molar-refractivity contribution in [3.05, 3.63) is 0 Å². The van der Waals surface area contributed by atoms with Crippen molar-refractivity contribution in [3.8, 4) is 0 Å². The molecule has 1 N–H and O–H groups in total. The van der Waals surface area contributed by atoms with Crippen LogP contribution in [-0.4, -0.2) is 12.1 Å². The van der Waals surface area contributed by atoms with Gasteiger partial charge in [-0.1, -0.05) is 19.8 Å². The highest BCUT2D eigenvalue weighted by Crippen LogP contribution is 2.54. The SMILES string of the molecule is C[C@@H]1C[C@H]1NC1CCC12CCCC2. The summed E-state index contributed by atoms with van der Waals surface area (Å²) in [5.41, 5.74) is 0.780. The van der Waals surface area contributed by atoms with Crippen molar-refractivity contribution in [2.75, 3.05) is 0 Å². The minimum absolute atomic E-state index is 0.780. The molecule has 3 aliphatic carbocycles. The maximum Gasteiger partial charge on any atom is 0.0126 e. The first-order valence-electron chi connectivity index (χ1n) is 6.06. The van der Waals surface area contributed by atoms with Crippen LogP contribution in [-0.2, 0) is 0 Å². The Kier molecular flexibility index (Phi) is 1.74. The molecule has 3 saturated carbocycles. The first-order chi connectivity index (χ1) is 6.30. The Morgan fingerprint density at radius 3 is 2.31 bits per heavy atom. The summed E-state index contributed by atoms with van der Waals surface area (Å²) in [6.07, 6.45) is 10.5. The zero-order valence-electron chi connectivity index (χ0n) is 8.68. The van der Waals surface area contributed by atoms with Gasteiger partial charge in [0, 0.05) is 12.1 Å². The molecule has 0 heterocycles. The molecule has 74 valence electrons. The molecule has 0 aromatic carbocycles. The average Bonchev–Trinajstić information content (AvgIpc) is 2.67. The largest absolute Gasteiger partial charge is 0.310 e. The lowest BCUT2D eigenvalue weighted by Gasteiger charge is -2.48. The molecule has 0 radical (unpaired) electrons. The van der Waals surface area contributed by atoms with Crippen LogP contribution in [0, 0.1) is 11.3 Å². The molecule has 3 atom stereocenters. The smallest absolute Gasteiger partial charge is 0.0126 e. The first-order valence-corrected chi connectivity index (χ1v) is 6.06. The Bertz CT molecular complexity index is 205. The number of rotatable bonds is 2. The Balaban J connectivity index is 1.59. The van der Waals surface area contributed by atoms with Gasteiger partial charge in [0.2, 0.25) is 0 Å². The van der Waals surface area contributed by atoms with Crippen LogP contribution in [0.25, 0.3) is 0 Å². The fourth-order valence-corrected chi connectivity index (χ4v) is 3.45. The lowest BCUT2D eigenvalue weighted by molar-refractivity contribution is 0.0706. The molecule has 3 fully saturated rings. The molecule has 1 spiro atoms. The highest BCUT2D eigenvalue weighted by atomic mass is 15.0. The first kappa shape index (κ1) is 8.28. The van der Waals surface area contributed by atoms with E-state index >= 15 is 0 Å². The van der Waals surface area contributed by atoms with E-state index in [1.54, 1.807) is 0 Å². The molecule has 0 aromatic rings. The summed E-state index contributed by atoms with van der Waals surface area (Å²) in [7, 11) is 0. The van der Waals surface area contributed by atoms with Gasteiger partial charge in [-0.25, -0.2) is 0 Å². The summed E-state index contributed by atoms with van der Waals surface area (Å²) >= 11 is 0. The second-order valence-corrected chi connectivity index (χ2v) is 5.65. The normalized spacial score (nSPS) is 46.4. The second kappa shape index (κ2) is 2.73. The Morgan fingerprint density at radius 2 is 1.85 bits per heavy atom. The lowest BCUT2D eigenvalue weighted by Crippen LogP contribution is -2.52. The maximum absolute atomic E-state index is 3.87. The van der Waals surface area contributed by atoms with E-state index in [0.29, 0.717) is 0 Å². The van der Waals surface area contributed by atoms with Crippen LogP contribution >= 0.6 is 0 Å². The van der Waals surface area contributed by atoms with Crippen LogP contribution in [0.3, 0.4) is 0 Å². The highest BCUT2D eigenvalue weighted by Gasteiger charge is 2.50. The van der Waals surface area contributed by atoms with Crippen LogP contribution in [0.2, 0.25) is 0 Å². The van der Waals surface area contributed by atoms with Crippen LogP contribution in [0.5, 0.6) is 0 Å². The predicted octanol–water partition coefficient (Wildman–Crippen LogP) is 2.71. The van der Waals surface area contributed by atoms with Gasteiger partial charge in [0.25, 0.3) is 0 Å². The molecule has 3 rings (SSSR count). The fraction of sp³-hybridized carbons (Fsp3) is 1.00. The van der Waals surface area contributed by atoms with Crippen LogP contribution in [0.1, 0.15) is 51.9 Å². The molecule has 3 aliphatic rings. The van der Waals surface area contributed by atoms with E-state index in [1.165, 1.54) is 44.9 Å². The van der Waals surface area contributed by atoms with Gasteiger partial charge in [0.15, 0.2) is 0 Å². The molecule has 0 aliphatic heterocycles. The van der Waals surface area contributed by atoms with E-state index in [4.69, 9.17) is 0 Å². The van der Waals surface area contributed by atoms with Gasteiger partial charge in [-0.3, -0.25) is 0 Å². The molecule has 1 heteroatoms. The summed E-state index contributed by atoms with van der Waals surface area (Å²) in [6.45, 7) is 2.37. The number of hydrogen-bond donors (Lipinski definition) is 1. The lowest BCUT2D eigenvalue weighted by atomic mass is 9.63. The van der Waals surface area contributed by atoms with E-state index in [2.05, 4.69) is 12.2 Å². The molecule has 1 nitrogen and oxygen atoms in total. The molecule has 0 bridgehead atoms. The number of nitrogens with one attached hydrogen (secondary N) is 1. The third-order valence-electron chi connectivity index (χ3n) is 4.79. The highest BCUT2D eigenvalue weighted by molar-refractivity contribution is 5.06. The van der Waals surface area contributed by atoms with Crippen LogP contribution < -0.4 is 5.32 Å². The standard InChI is InChI=1S/C12H21N/c1-9-8-10(9)13-11-4-7-12(11)5-2-3-6-12/h9-11,13H,2-8H2,1H3/t9-,10-,11?/m1/s1. The van der Waals surface area contributed by atoms with Gasteiger partial charge in [-0.2, -0.15) is 0 Å². The van der Waals surface area contributed by atoms with Crippen LogP contribution in [0.4, 0.5) is 0 Å². The van der Waals surface area contributed by atoms with Gasteiger partial charge in [-0.05, 0) is 43.4 Å². The van der Waals surface area contributed by atoms with E-state index in [1.807, 2.05) is 0 Å². The Morgan fingerprint density at radius 1 is 1.15 bits per heavy atom. The second-order valence-electron chi connectivity index (χ2n) is 5.65. The van der Waals surface area contributed by atoms with Crippen molar-refractivity contribution in [2.24, 2.45) is 11.3 Å². The molecule has 13 heavy (non-hydrogen) atoms. The van der Waals surface area contributed by atoms with E-state index < -0.39 is 0 Å². The topological polar surface area (TPSA) is 12.0 Å². The van der Waals surface area contributed by atoms with Crippen LogP contribution in [0.15, 0.2) is 0 Å². The summed E-state index contributed by atoms with van der Waals surface area (Å²) in [5.74, 6) is 0.971. The van der Waals surface area contributed by atoms with Crippen molar-refractivity contribution in [3.63, 3.8) is 0 Å². The van der Waals surface area contributed by atoms with Crippen molar-refractivity contribution in [2.45, 2.75) is 64.0 Å². The van der Waals surface area contributed by atoms with Crippen molar-refractivity contribution in [1.82, 2.24) is 5.32 Å². The zero-order chi connectivity index (χ0) is 8.89. The molecular formula is C12H21N. The fourth-order valence-electron chi connectivity index (χ4n) is 3.45. The van der Waals surface area contributed by atoms with Crippen molar-refractivity contribution < 1.29 is 0 Å². The van der Waals surface area contributed by atoms with E-state index in [0.717, 1.165) is 23.4 Å². The van der Waals surface area contributed by atoms with Gasteiger partial charge >= 0.3 is 0 Å². The van der Waals surface area contributed by atoms with E-state index in [-0.39, 0.29) is 0 Å². The monoisotopic (exact) mass is 179 g/mol. The minimum atomic E-state index is 0.780. The summed E-state index contributed by atoms with van der Waals surface area (Å²) in [6, 6.07) is 1.80. The minimum Gasteiger partial charge on any atom is -0.310 e. The number of hydrogen-bond acceptors (Lipinski definition) is 1. The third kappa shape index (κ3) is 1.24. The van der Waals surface area contributed by atoms with Gasteiger partial charge in [-0.15, -0.1) is 0 Å². The van der Waals surface area contributed by atoms with E-state index in [9.17, 15) is 0 Å². The molecular weight excluding hydrogens is 158 g/mol. The molecule has 1 unspecified atom stereocenters. The van der Waals surface area contributed by atoms with Crippen molar-refractivity contribution >= 4 is 0 Å². The average molecular weight is 179 g/mol.